The molecule has 0 saturated heterocycles. The van der Waals surface area contributed by atoms with Crippen LogP contribution in [0.5, 0.6) is 0 Å². The molecule has 17 heavy (non-hydrogen) atoms. The minimum atomic E-state index is -0.0152. The zero-order valence-corrected chi connectivity index (χ0v) is 10.3. The van der Waals surface area contributed by atoms with E-state index in [-0.39, 0.29) is 12.6 Å². The summed E-state index contributed by atoms with van der Waals surface area (Å²) >= 11 is 1.52. The Hall–Kier alpha value is -1.44. The molecule has 0 fully saturated rings. The van der Waals surface area contributed by atoms with E-state index in [0.717, 1.165) is 16.6 Å². The molecule has 92 valence electrons. The van der Waals surface area contributed by atoms with Gasteiger partial charge in [-0.2, -0.15) is 4.98 Å². The van der Waals surface area contributed by atoms with Crippen molar-refractivity contribution < 1.29 is 5.11 Å². The summed E-state index contributed by atoms with van der Waals surface area (Å²) in [5, 5.41) is 15.3. The van der Waals surface area contributed by atoms with E-state index in [1.54, 1.807) is 0 Å². The van der Waals surface area contributed by atoms with Crippen LogP contribution in [0.4, 0.5) is 11.8 Å². The highest BCUT2D eigenvalue weighted by Gasteiger charge is 2.11. The van der Waals surface area contributed by atoms with E-state index in [4.69, 9.17) is 5.84 Å². The Labute approximate surface area is 103 Å². The highest BCUT2D eigenvalue weighted by atomic mass is 32.1. The summed E-state index contributed by atoms with van der Waals surface area (Å²) in [6.07, 6.45) is 0.817. The normalized spacial score (nSPS) is 12.6. The van der Waals surface area contributed by atoms with Gasteiger partial charge in [0.1, 0.15) is 10.6 Å². The third-order valence-electron chi connectivity index (χ3n) is 2.51. The van der Waals surface area contributed by atoms with Gasteiger partial charge in [0.15, 0.2) is 0 Å². The van der Waals surface area contributed by atoms with Gasteiger partial charge in [-0.25, -0.2) is 10.8 Å². The van der Waals surface area contributed by atoms with Crippen molar-refractivity contribution in [3.05, 3.63) is 11.4 Å². The number of aliphatic hydroxyl groups excluding tert-OH is 1. The van der Waals surface area contributed by atoms with Gasteiger partial charge in [-0.1, -0.05) is 6.92 Å². The number of hydrazine groups is 1. The molecular weight excluding hydrogens is 238 g/mol. The first-order valence-corrected chi connectivity index (χ1v) is 6.25. The topological polar surface area (TPSA) is 96.1 Å². The summed E-state index contributed by atoms with van der Waals surface area (Å²) < 4.78 is 0. The third-order valence-corrected chi connectivity index (χ3v) is 3.31. The number of nitrogens with one attached hydrogen (secondary N) is 2. The molecule has 6 nitrogen and oxygen atoms in total. The molecule has 2 aromatic heterocycles. The van der Waals surface area contributed by atoms with Crippen molar-refractivity contribution in [1.82, 2.24) is 9.97 Å². The second-order valence-corrected chi connectivity index (χ2v) is 4.51. The summed E-state index contributed by atoms with van der Waals surface area (Å²) in [4.78, 5) is 9.37. The quantitative estimate of drug-likeness (QED) is 0.472. The van der Waals surface area contributed by atoms with E-state index in [9.17, 15) is 5.11 Å². The predicted molar refractivity (Wildman–Crippen MR) is 70.0 cm³/mol. The Morgan fingerprint density at radius 1 is 1.53 bits per heavy atom. The van der Waals surface area contributed by atoms with Crippen LogP contribution in [0, 0.1) is 0 Å². The van der Waals surface area contributed by atoms with E-state index in [2.05, 4.69) is 20.7 Å². The summed E-state index contributed by atoms with van der Waals surface area (Å²) in [5.41, 5.74) is 2.44. The fourth-order valence-electron chi connectivity index (χ4n) is 1.50. The van der Waals surface area contributed by atoms with Gasteiger partial charge in [-0.3, -0.25) is 5.43 Å². The molecule has 7 heteroatoms. The van der Waals surface area contributed by atoms with Crippen LogP contribution in [0.25, 0.3) is 10.2 Å². The van der Waals surface area contributed by atoms with Gasteiger partial charge in [0.25, 0.3) is 0 Å². The monoisotopic (exact) mass is 253 g/mol. The molecule has 0 aliphatic rings. The van der Waals surface area contributed by atoms with Crippen molar-refractivity contribution in [2.24, 2.45) is 5.84 Å². The Morgan fingerprint density at radius 3 is 3.00 bits per heavy atom. The van der Waals surface area contributed by atoms with E-state index in [1.807, 2.05) is 18.4 Å². The molecule has 0 aromatic carbocycles. The second-order valence-electron chi connectivity index (χ2n) is 3.61. The first-order chi connectivity index (χ1) is 8.28. The lowest BCUT2D eigenvalue weighted by molar-refractivity contribution is 0.271. The van der Waals surface area contributed by atoms with Gasteiger partial charge in [0, 0.05) is 0 Å². The predicted octanol–water partition coefficient (Wildman–Crippen LogP) is 1.16. The lowest BCUT2D eigenvalue weighted by atomic mass is 10.2. The molecule has 0 amide bonds. The number of nitrogens with two attached hydrogens (primary N) is 1. The van der Waals surface area contributed by atoms with E-state index in [1.165, 1.54) is 11.3 Å². The third kappa shape index (κ3) is 2.46. The lowest BCUT2D eigenvalue weighted by Gasteiger charge is -2.15. The molecule has 2 rings (SSSR count). The Kier molecular flexibility index (Phi) is 3.72. The average Bonchev–Trinajstić information content (AvgIpc) is 2.83. The molecule has 0 saturated carbocycles. The van der Waals surface area contributed by atoms with Crippen molar-refractivity contribution in [3.63, 3.8) is 0 Å². The molecule has 5 N–H and O–H groups in total. The smallest absolute Gasteiger partial charge is 0.240 e. The minimum Gasteiger partial charge on any atom is -0.394 e. The van der Waals surface area contributed by atoms with E-state index >= 15 is 0 Å². The number of aromatic nitrogens is 2. The van der Waals surface area contributed by atoms with Crippen molar-refractivity contribution >= 4 is 33.3 Å². The Morgan fingerprint density at radius 2 is 2.35 bits per heavy atom. The number of hydrogen-bond donors (Lipinski definition) is 4. The highest BCUT2D eigenvalue weighted by molar-refractivity contribution is 7.16. The van der Waals surface area contributed by atoms with Gasteiger partial charge in [-0.15, -0.1) is 11.3 Å². The highest BCUT2D eigenvalue weighted by Crippen LogP contribution is 2.26. The van der Waals surface area contributed by atoms with Crippen LogP contribution < -0.4 is 16.6 Å². The molecule has 1 unspecified atom stereocenters. The Bertz CT molecular complexity index is 496. The van der Waals surface area contributed by atoms with Gasteiger partial charge in [0.2, 0.25) is 5.95 Å². The fraction of sp³-hybridized carbons (Fsp3) is 0.400. The lowest BCUT2D eigenvalue weighted by Crippen LogP contribution is -2.24. The number of thiophene rings is 1. The van der Waals surface area contributed by atoms with Crippen molar-refractivity contribution in [2.45, 2.75) is 19.4 Å². The Balaban J connectivity index is 2.39. The van der Waals surface area contributed by atoms with Crippen LogP contribution in [-0.2, 0) is 0 Å². The first kappa shape index (κ1) is 12.0. The van der Waals surface area contributed by atoms with Crippen LogP contribution in [0.15, 0.2) is 11.4 Å². The van der Waals surface area contributed by atoms with E-state index in [0.29, 0.717) is 11.8 Å². The second kappa shape index (κ2) is 5.26. The molecule has 0 aliphatic heterocycles. The molecule has 2 heterocycles. The van der Waals surface area contributed by atoms with Gasteiger partial charge in [-0.05, 0) is 17.9 Å². The van der Waals surface area contributed by atoms with Crippen molar-refractivity contribution in [3.8, 4) is 0 Å². The van der Waals surface area contributed by atoms with Gasteiger partial charge in [0.05, 0.1) is 18.0 Å². The molecule has 2 aromatic rings. The molecule has 0 spiro atoms. The SMILES string of the molecule is CCC(CO)Nc1nc(NN)nc2sccc12. The standard InChI is InChI=1S/C10H15N5OS/c1-2-6(5-16)12-8-7-3-4-17-9(7)14-10(13-8)15-11/h3-4,6,16H,2,5,11H2,1H3,(H2,12,13,14,15). The minimum absolute atomic E-state index is 0.0152. The maximum absolute atomic E-state index is 9.19. The maximum Gasteiger partial charge on any atom is 0.240 e. The van der Waals surface area contributed by atoms with Crippen molar-refractivity contribution in [2.75, 3.05) is 17.3 Å². The number of hydrogen-bond acceptors (Lipinski definition) is 7. The van der Waals surface area contributed by atoms with Crippen LogP contribution in [-0.4, -0.2) is 27.7 Å². The summed E-state index contributed by atoms with van der Waals surface area (Å²) in [6.45, 7) is 2.07. The number of aliphatic hydroxyl groups is 1. The fourth-order valence-corrected chi connectivity index (χ4v) is 2.26. The molecular formula is C10H15N5OS. The average molecular weight is 253 g/mol. The largest absolute Gasteiger partial charge is 0.394 e. The molecule has 1 atom stereocenters. The van der Waals surface area contributed by atoms with Gasteiger partial charge >= 0.3 is 0 Å². The number of fused-ring (bicyclic) bond motifs is 1. The zero-order chi connectivity index (χ0) is 12.3. The summed E-state index contributed by atoms with van der Waals surface area (Å²) in [5.74, 6) is 6.40. The van der Waals surface area contributed by atoms with E-state index < -0.39 is 0 Å². The van der Waals surface area contributed by atoms with Crippen LogP contribution >= 0.6 is 11.3 Å². The molecule has 0 aliphatic carbocycles. The number of rotatable bonds is 5. The summed E-state index contributed by atoms with van der Waals surface area (Å²) in [6, 6.07) is 1.94. The van der Waals surface area contributed by atoms with Gasteiger partial charge < -0.3 is 10.4 Å². The van der Waals surface area contributed by atoms with Crippen LogP contribution in [0.2, 0.25) is 0 Å². The number of anilines is 2. The number of nitrogens with zero attached hydrogens (tertiary/aromatic N) is 2. The molecule has 0 bridgehead atoms. The van der Waals surface area contributed by atoms with Crippen LogP contribution in [0.3, 0.4) is 0 Å². The maximum atomic E-state index is 9.19. The first-order valence-electron chi connectivity index (χ1n) is 5.37. The zero-order valence-electron chi connectivity index (χ0n) is 9.47. The summed E-state index contributed by atoms with van der Waals surface area (Å²) in [7, 11) is 0. The van der Waals surface area contributed by atoms with Crippen LogP contribution in [0.1, 0.15) is 13.3 Å². The number of nitrogen functional groups attached to an aromatic ring is 1. The molecule has 0 radical (unpaired) electrons. The van der Waals surface area contributed by atoms with Crippen molar-refractivity contribution in [1.29, 1.82) is 0 Å².